The van der Waals surface area contributed by atoms with Crippen molar-refractivity contribution < 1.29 is 14.4 Å². The number of anilines is 3. The Labute approximate surface area is 211 Å². The van der Waals surface area contributed by atoms with Crippen molar-refractivity contribution >= 4 is 46.4 Å². The van der Waals surface area contributed by atoms with Crippen molar-refractivity contribution in [1.82, 2.24) is 4.90 Å². The highest BCUT2D eigenvalue weighted by Crippen LogP contribution is 2.40. The third-order valence-corrected chi connectivity index (χ3v) is 7.52. The topological polar surface area (TPSA) is 73.0 Å². The molecule has 2 fully saturated rings. The van der Waals surface area contributed by atoms with Crippen LogP contribution in [0.5, 0.6) is 0 Å². The van der Waals surface area contributed by atoms with Gasteiger partial charge in [0.15, 0.2) is 0 Å². The van der Waals surface area contributed by atoms with Crippen LogP contribution >= 0.6 is 11.6 Å². The minimum absolute atomic E-state index is 0.0121. The van der Waals surface area contributed by atoms with Crippen molar-refractivity contribution in [1.29, 1.82) is 0 Å². The SMILES string of the molecule is Cc1cc(Cl)ccc1NC(=O)CN1C(=O)C2CCCCN2c2ccc(C(=O)N3CCCCC3)cc21. The number of halogens is 1. The number of nitrogens with zero attached hydrogens (tertiary/aromatic N) is 3. The summed E-state index contributed by atoms with van der Waals surface area (Å²) < 4.78 is 0. The number of hydrogen-bond acceptors (Lipinski definition) is 4. The molecule has 2 aromatic rings. The summed E-state index contributed by atoms with van der Waals surface area (Å²) in [6, 6.07) is 10.6. The highest BCUT2D eigenvalue weighted by Gasteiger charge is 2.40. The van der Waals surface area contributed by atoms with Gasteiger partial charge in [0.2, 0.25) is 11.8 Å². The van der Waals surface area contributed by atoms with Gasteiger partial charge < -0.3 is 15.1 Å². The maximum absolute atomic E-state index is 13.6. The van der Waals surface area contributed by atoms with Crippen LogP contribution in [-0.2, 0) is 9.59 Å². The summed E-state index contributed by atoms with van der Waals surface area (Å²) in [5.74, 6) is -0.378. The van der Waals surface area contributed by atoms with Crippen molar-refractivity contribution in [2.45, 2.75) is 51.5 Å². The largest absolute Gasteiger partial charge is 0.358 e. The first-order valence-electron chi connectivity index (χ1n) is 12.5. The van der Waals surface area contributed by atoms with E-state index in [1.807, 2.05) is 24.0 Å². The molecule has 3 heterocycles. The summed E-state index contributed by atoms with van der Waals surface area (Å²) in [6.45, 7) is 4.08. The van der Waals surface area contributed by atoms with Crippen LogP contribution in [0.3, 0.4) is 0 Å². The van der Waals surface area contributed by atoms with Crippen LogP contribution in [0.1, 0.15) is 54.4 Å². The Morgan fingerprint density at radius 1 is 0.971 bits per heavy atom. The Hall–Kier alpha value is -3.06. The third-order valence-electron chi connectivity index (χ3n) is 7.28. The maximum atomic E-state index is 13.6. The molecule has 3 amide bonds. The zero-order valence-corrected chi connectivity index (χ0v) is 20.8. The third kappa shape index (κ3) is 4.74. The van der Waals surface area contributed by atoms with Crippen LogP contribution in [0.25, 0.3) is 0 Å². The van der Waals surface area contributed by atoms with Crippen molar-refractivity contribution in [3.8, 4) is 0 Å². The fourth-order valence-corrected chi connectivity index (χ4v) is 5.66. The van der Waals surface area contributed by atoms with E-state index in [0.29, 0.717) is 22.0 Å². The number of amides is 3. The quantitative estimate of drug-likeness (QED) is 0.673. The van der Waals surface area contributed by atoms with Gasteiger partial charge >= 0.3 is 0 Å². The van der Waals surface area contributed by atoms with Gasteiger partial charge in [-0.15, -0.1) is 0 Å². The number of nitrogens with one attached hydrogen (secondary N) is 1. The Morgan fingerprint density at radius 3 is 2.51 bits per heavy atom. The summed E-state index contributed by atoms with van der Waals surface area (Å²) in [4.78, 5) is 45.5. The Morgan fingerprint density at radius 2 is 1.74 bits per heavy atom. The van der Waals surface area contributed by atoms with Crippen molar-refractivity contribution in [2.24, 2.45) is 0 Å². The predicted molar refractivity (Wildman–Crippen MR) is 138 cm³/mol. The molecule has 7 nitrogen and oxygen atoms in total. The summed E-state index contributed by atoms with van der Waals surface area (Å²) in [5.41, 5.74) is 3.63. The molecule has 0 bridgehead atoms. The van der Waals surface area contributed by atoms with Crippen LogP contribution in [0.4, 0.5) is 17.1 Å². The Bertz CT molecular complexity index is 1160. The molecule has 1 atom stereocenters. The molecule has 0 aromatic heterocycles. The average Bonchev–Trinajstić information content (AvgIpc) is 2.88. The van der Waals surface area contributed by atoms with Gasteiger partial charge in [-0.3, -0.25) is 19.3 Å². The zero-order chi connectivity index (χ0) is 24.5. The molecule has 184 valence electrons. The second kappa shape index (κ2) is 9.90. The van der Waals surface area contributed by atoms with E-state index >= 15 is 0 Å². The highest BCUT2D eigenvalue weighted by molar-refractivity contribution is 6.30. The molecule has 3 aliphatic rings. The Balaban J connectivity index is 1.45. The lowest BCUT2D eigenvalue weighted by Crippen LogP contribution is -2.56. The first-order chi connectivity index (χ1) is 16.9. The molecular formula is C27H31ClN4O3. The molecular weight excluding hydrogens is 464 g/mol. The molecule has 35 heavy (non-hydrogen) atoms. The number of piperidine rings is 2. The molecule has 8 heteroatoms. The Kier molecular flexibility index (Phi) is 6.69. The monoisotopic (exact) mass is 494 g/mol. The van der Waals surface area contributed by atoms with Crippen molar-refractivity contribution in [3.63, 3.8) is 0 Å². The van der Waals surface area contributed by atoms with E-state index < -0.39 is 0 Å². The lowest BCUT2D eigenvalue weighted by Gasteiger charge is -2.45. The van der Waals surface area contributed by atoms with Gasteiger partial charge in [0.25, 0.3) is 5.91 Å². The maximum Gasteiger partial charge on any atom is 0.253 e. The molecule has 1 N–H and O–H groups in total. The van der Waals surface area contributed by atoms with E-state index in [1.54, 1.807) is 29.2 Å². The molecule has 0 aliphatic carbocycles. The van der Waals surface area contributed by atoms with Gasteiger partial charge in [-0.05, 0) is 87.4 Å². The molecule has 0 spiro atoms. The van der Waals surface area contributed by atoms with E-state index in [0.717, 1.165) is 69.4 Å². The standard InChI is InChI=1S/C27H31ClN4O3/c1-18-15-20(28)9-10-21(18)29-25(33)17-32-24-16-19(26(34)30-12-4-2-5-13-30)8-11-22(24)31-14-6-3-7-23(31)27(32)35/h8-11,15-16,23H,2-7,12-14,17H2,1H3,(H,29,33). The van der Waals surface area contributed by atoms with Crippen LogP contribution < -0.4 is 15.1 Å². The fourth-order valence-electron chi connectivity index (χ4n) is 5.43. The average molecular weight is 495 g/mol. The van der Waals surface area contributed by atoms with Gasteiger partial charge in [-0.1, -0.05) is 11.6 Å². The van der Waals surface area contributed by atoms with Gasteiger partial charge in [0, 0.05) is 35.9 Å². The van der Waals surface area contributed by atoms with E-state index in [9.17, 15) is 14.4 Å². The first kappa shape index (κ1) is 23.7. The molecule has 2 saturated heterocycles. The second-order valence-corrected chi connectivity index (χ2v) is 10.1. The van der Waals surface area contributed by atoms with Crippen LogP contribution in [-0.4, -0.2) is 54.8 Å². The summed E-state index contributed by atoms with van der Waals surface area (Å²) >= 11 is 6.04. The number of carbonyl (C=O) groups is 3. The molecule has 3 aliphatic heterocycles. The molecule has 0 saturated carbocycles. The number of likely N-dealkylation sites (tertiary alicyclic amines) is 1. The van der Waals surface area contributed by atoms with Gasteiger partial charge in [0.1, 0.15) is 12.6 Å². The number of benzene rings is 2. The number of hydrogen-bond donors (Lipinski definition) is 1. The van der Waals surface area contributed by atoms with Gasteiger partial charge in [-0.2, -0.15) is 0 Å². The van der Waals surface area contributed by atoms with E-state index in [4.69, 9.17) is 11.6 Å². The summed E-state index contributed by atoms with van der Waals surface area (Å²) in [5, 5.41) is 3.52. The zero-order valence-electron chi connectivity index (χ0n) is 20.1. The number of aryl methyl sites for hydroxylation is 1. The number of carbonyl (C=O) groups excluding carboxylic acids is 3. The molecule has 1 unspecified atom stereocenters. The van der Waals surface area contributed by atoms with E-state index in [-0.39, 0.29) is 30.3 Å². The van der Waals surface area contributed by atoms with Crippen molar-refractivity contribution in [3.05, 3.63) is 52.5 Å². The molecule has 2 aromatic carbocycles. The summed E-state index contributed by atoms with van der Waals surface area (Å²) in [6.07, 6.45) is 5.95. The van der Waals surface area contributed by atoms with Gasteiger partial charge in [0.05, 0.1) is 11.4 Å². The highest BCUT2D eigenvalue weighted by atomic mass is 35.5. The second-order valence-electron chi connectivity index (χ2n) is 9.69. The lowest BCUT2D eigenvalue weighted by molar-refractivity contribution is -0.123. The van der Waals surface area contributed by atoms with E-state index in [2.05, 4.69) is 10.2 Å². The van der Waals surface area contributed by atoms with Crippen LogP contribution in [0, 0.1) is 6.92 Å². The molecule has 0 radical (unpaired) electrons. The number of fused-ring (bicyclic) bond motifs is 3. The number of rotatable bonds is 4. The minimum atomic E-state index is -0.285. The van der Waals surface area contributed by atoms with Gasteiger partial charge in [-0.25, -0.2) is 0 Å². The van der Waals surface area contributed by atoms with E-state index in [1.165, 1.54) is 0 Å². The van der Waals surface area contributed by atoms with Crippen molar-refractivity contribution in [2.75, 3.05) is 41.3 Å². The summed E-state index contributed by atoms with van der Waals surface area (Å²) in [7, 11) is 0. The lowest BCUT2D eigenvalue weighted by atomic mass is 9.95. The molecule has 5 rings (SSSR count). The smallest absolute Gasteiger partial charge is 0.253 e. The normalized spacial score (nSPS) is 19.8. The first-order valence-corrected chi connectivity index (χ1v) is 12.9. The van der Waals surface area contributed by atoms with Crippen LogP contribution in [0.2, 0.25) is 5.02 Å². The van der Waals surface area contributed by atoms with Crippen LogP contribution in [0.15, 0.2) is 36.4 Å². The minimum Gasteiger partial charge on any atom is -0.358 e. The predicted octanol–water partition coefficient (Wildman–Crippen LogP) is 4.62. The fraction of sp³-hybridized carbons (Fsp3) is 0.444.